The Labute approximate surface area is 595 Å². The summed E-state index contributed by atoms with van der Waals surface area (Å²) < 4.78 is 1.17. The number of rotatable bonds is 8. The van der Waals surface area contributed by atoms with Crippen molar-refractivity contribution in [1.82, 2.24) is 0 Å². The van der Waals surface area contributed by atoms with Crippen LogP contribution in [0.4, 0.5) is 0 Å². The van der Waals surface area contributed by atoms with Crippen LogP contribution in [0.2, 0.25) is 71.9 Å². The Bertz CT molecular complexity index is 5730. The molecule has 0 spiro atoms. The molecule has 0 nitrogen and oxygen atoms in total. The fraction of sp³-hybridized carbons (Fsp3) is 0.191. The predicted molar refractivity (Wildman–Crippen MR) is 424 cm³/mol. The maximum atomic E-state index is 2.54. The number of allylic oxidation sites excluding steroid dienone is 16. The van der Waals surface area contributed by atoms with E-state index in [0.29, 0.717) is 4.31 Å². The number of hydrogen-bond donors (Lipinski definition) is 0. The Morgan fingerprint density at radius 1 is 0.316 bits per heavy atom. The molecule has 4 aliphatic rings. The fourth-order valence-corrected chi connectivity index (χ4v) is 32.5. The molecule has 0 fully saturated rings. The van der Waals surface area contributed by atoms with Gasteiger partial charge in [0.1, 0.15) is 0 Å². The molecule has 18 rings (SSSR count). The summed E-state index contributed by atoms with van der Waals surface area (Å²) >= 11 is -7.47. The predicted octanol–water partition coefficient (Wildman–Crippen LogP) is 29.3. The molecule has 0 bridgehead atoms. The van der Waals surface area contributed by atoms with Crippen LogP contribution < -0.4 is 0 Å². The van der Waals surface area contributed by atoms with Gasteiger partial charge in [0, 0.05) is 0 Å². The van der Waals surface area contributed by atoms with Crippen LogP contribution >= 0.6 is 0 Å². The third-order valence-electron chi connectivity index (χ3n) is 20.8. The normalized spacial score (nSPS) is 19.6. The Morgan fingerprint density at radius 3 is 1.30 bits per heavy atom. The van der Waals surface area contributed by atoms with E-state index in [0.717, 1.165) is 0 Å². The zero-order valence-electron chi connectivity index (χ0n) is 59.1. The molecule has 0 radical (unpaired) electrons. The van der Waals surface area contributed by atoms with E-state index in [4.69, 9.17) is 0 Å². The number of benzene rings is 14. The van der Waals surface area contributed by atoms with E-state index in [9.17, 15) is 0 Å². The van der Waals surface area contributed by atoms with E-state index in [-0.39, 0.29) is 11.4 Å². The summed E-state index contributed by atoms with van der Waals surface area (Å²) in [6, 6.07) is 81.2. The second kappa shape index (κ2) is 25.2. The van der Waals surface area contributed by atoms with Gasteiger partial charge in [-0.3, -0.25) is 0 Å². The first-order valence-electron chi connectivity index (χ1n) is 33.0. The van der Waals surface area contributed by atoms with E-state index < -0.39 is 64.2 Å². The molecule has 14 aromatic carbocycles. The summed E-state index contributed by atoms with van der Waals surface area (Å²) in [5.41, 5.74) is 10.1. The molecule has 0 saturated carbocycles. The van der Waals surface area contributed by atoms with Crippen molar-refractivity contribution < 1.29 is 64.2 Å². The van der Waals surface area contributed by atoms with Gasteiger partial charge >= 0.3 is 602 Å². The number of hydrogen-bond acceptors (Lipinski definition) is 0. The van der Waals surface area contributed by atoms with Crippen molar-refractivity contribution >= 4 is 119 Å². The van der Waals surface area contributed by atoms with Crippen LogP contribution in [-0.2, 0) is 71.8 Å². The van der Waals surface area contributed by atoms with Gasteiger partial charge in [-0.25, -0.2) is 0 Å². The van der Waals surface area contributed by atoms with Crippen molar-refractivity contribution in [2.75, 3.05) is 0 Å². The fourth-order valence-electron chi connectivity index (χ4n) is 15.4. The number of fused-ring (bicyclic) bond motifs is 4. The van der Waals surface area contributed by atoms with E-state index >= 15 is 0 Å². The van der Waals surface area contributed by atoms with Gasteiger partial charge in [-0.15, -0.1) is 0 Å². The van der Waals surface area contributed by atoms with Gasteiger partial charge in [0.15, 0.2) is 0 Å². The SMILES string of the molecule is CC1=C[C](c2cccc3cc4ccccc4cc23)([Pt]([CH3])([CH3])[CH3])C=C1.C[C]1([Pt]([CH3])([CH3])[CH3])C=CC(c2ccc3ccc4cccc5ccc2c3c45)=C1.[CH3][Pt]([CH3])([CH3])[CH]1C=CC=C1c1cccc2cc3ccccc3cc12.[CH3][Pt]([CH3])([CH3])[C]1(c2ccc3ccc4cccc5ccc2c3c45)C=CC=C1. The third kappa shape index (κ3) is 11.6. The molecule has 4 heteroatoms. The first kappa shape index (κ1) is 66.7. The molecule has 0 N–H and O–H groups in total. The van der Waals surface area contributed by atoms with Crippen LogP contribution in [-0.4, -0.2) is 0 Å². The first-order chi connectivity index (χ1) is 46.8. The second-order valence-corrected chi connectivity index (χ2v) is 78.0. The van der Waals surface area contributed by atoms with E-state index in [1.165, 1.54) is 147 Å². The Kier molecular flexibility index (Phi) is 17.2. The quantitative estimate of drug-likeness (QED) is 0.105. The first-order valence-corrected chi connectivity index (χ1v) is 65.0. The molecule has 98 heavy (non-hydrogen) atoms. The van der Waals surface area contributed by atoms with E-state index in [1.54, 1.807) is 0 Å². The summed E-state index contributed by atoms with van der Waals surface area (Å²) in [5.74, 6) is 0. The van der Waals surface area contributed by atoms with Crippen molar-refractivity contribution in [2.24, 2.45) is 0 Å². The van der Waals surface area contributed by atoms with Crippen molar-refractivity contribution in [3.8, 4) is 0 Å². The standard InChI is InChI=1S/C22H15.C21H13.C20H15.C19H13.12CH3.4Pt/c1-14-5-6-18(13-14)19-11-9-17-8-7-15-3-2-4-16-10-12-20(19)22(17)21(15)16;1-2-5-14(4-1)18-12-10-17-9-8-15-6-3-7-16-11-13-19(18)21(17)20(15)16;1-14-9-10-18(11-14)19-8-4-7-17-12-15-5-2-3-6-16(15)13-20(17)19;1-2-7-14(6-1)18-11-5-10-17-12-15-8-3-4-9-16(15)13-19(17)18;;;;;;;;;;;;;;;;/h2-13H,1H3;1-13H;2-13H,1H3;1-13H;12*1H3;;;;. The molecule has 0 aliphatic heterocycles. The van der Waals surface area contributed by atoms with Crippen LogP contribution in [0.5, 0.6) is 0 Å². The molecule has 14 aromatic rings. The molecular formula is C94H92Pt4. The van der Waals surface area contributed by atoms with E-state index in [1.807, 2.05) is 0 Å². The average molecular weight is 2000 g/mol. The second-order valence-electron chi connectivity index (χ2n) is 28.9. The molecule has 0 amide bonds. The van der Waals surface area contributed by atoms with Crippen molar-refractivity contribution in [2.45, 2.75) is 93.3 Å². The van der Waals surface area contributed by atoms with Crippen molar-refractivity contribution in [3.63, 3.8) is 0 Å². The zero-order valence-corrected chi connectivity index (χ0v) is 68.2. The van der Waals surface area contributed by atoms with Gasteiger partial charge in [0.05, 0.1) is 0 Å². The van der Waals surface area contributed by atoms with Crippen LogP contribution in [0.15, 0.2) is 303 Å². The van der Waals surface area contributed by atoms with Crippen LogP contribution in [0.25, 0.3) is 119 Å². The van der Waals surface area contributed by atoms with Gasteiger partial charge in [-0.2, -0.15) is 0 Å². The van der Waals surface area contributed by atoms with E-state index in [2.05, 4.69) is 375 Å². The summed E-state index contributed by atoms with van der Waals surface area (Å²) in [6.07, 6.45) is 31.1. The van der Waals surface area contributed by atoms with Crippen LogP contribution in [0.1, 0.15) is 36.1 Å². The van der Waals surface area contributed by atoms with Gasteiger partial charge in [0.2, 0.25) is 0 Å². The minimum atomic E-state index is -1.99. The molecule has 0 heterocycles. The molecule has 3 atom stereocenters. The van der Waals surface area contributed by atoms with Gasteiger partial charge in [-0.1, -0.05) is 0 Å². The molecule has 0 saturated heterocycles. The average Bonchev–Trinajstić information content (AvgIpc) is 1.09. The Hall–Kier alpha value is -7.13. The van der Waals surface area contributed by atoms with Gasteiger partial charge in [0.25, 0.3) is 0 Å². The Morgan fingerprint density at radius 2 is 0.765 bits per heavy atom. The molecule has 3 unspecified atom stereocenters. The van der Waals surface area contributed by atoms with Crippen molar-refractivity contribution in [1.29, 1.82) is 0 Å². The monoisotopic (exact) mass is 2000 g/mol. The third-order valence-corrected chi connectivity index (χ3v) is 48.2. The van der Waals surface area contributed by atoms with Crippen LogP contribution in [0, 0.1) is 0 Å². The van der Waals surface area contributed by atoms with Gasteiger partial charge < -0.3 is 0 Å². The Balaban J connectivity index is 0.000000107. The summed E-state index contributed by atoms with van der Waals surface area (Å²) in [4.78, 5) is 0. The maximum absolute atomic E-state index is 2.54. The molecular weight excluding hydrogens is 1910 g/mol. The molecule has 4 aliphatic carbocycles. The summed E-state index contributed by atoms with van der Waals surface area (Å²) in [5, 5.41) is 57.4. The molecule has 0 aromatic heterocycles. The summed E-state index contributed by atoms with van der Waals surface area (Å²) in [7, 11) is 0. The minimum absolute atomic E-state index is 0.120. The topological polar surface area (TPSA) is 0 Å². The van der Waals surface area contributed by atoms with Gasteiger partial charge in [-0.05, 0) is 0 Å². The molecule has 508 valence electrons. The summed E-state index contributed by atoms with van der Waals surface area (Å²) in [6.45, 7) is 4.65. The zero-order chi connectivity index (χ0) is 68.3. The van der Waals surface area contributed by atoms with Crippen LogP contribution in [0.3, 0.4) is 0 Å². The van der Waals surface area contributed by atoms with Crippen molar-refractivity contribution in [3.05, 3.63) is 325 Å².